The fourth-order valence-electron chi connectivity index (χ4n) is 2.93. The molecular weight excluding hydrogens is 380 g/mol. The summed E-state index contributed by atoms with van der Waals surface area (Å²) in [6.07, 6.45) is 4.48. The molecule has 7 nitrogen and oxygen atoms in total. The molecule has 30 heavy (non-hydrogen) atoms. The van der Waals surface area contributed by atoms with Crippen LogP contribution in [-0.2, 0) is 4.74 Å². The van der Waals surface area contributed by atoms with Crippen molar-refractivity contribution in [2.75, 3.05) is 20.3 Å². The molecule has 0 saturated carbocycles. The number of hydrogen-bond acceptors (Lipinski definition) is 7. The molecule has 0 bridgehead atoms. The van der Waals surface area contributed by atoms with Gasteiger partial charge in [-0.05, 0) is 56.2 Å². The van der Waals surface area contributed by atoms with E-state index >= 15 is 0 Å². The summed E-state index contributed by atoms with van der Waals surface area (Å²) in [6, 6.07) is 11.5. The summed E-state index contributed by atoms with van der Waals surface area (Å²) in [5.41, 5.74) is 10.8. The molecule has 1 aliphatic rings. The molecule has 1 aromatic heterocycles. The van der Waals surface area contributed by atoms with Crippen LogP contribution in [0.5, 0.6) is 5.75 Å². The molecule has 0 aliphatic carbocycles. The van der Waals surface area contributed by atoms with Gasteiger partial charge in [0.15, 0.2) is 0 Å². The van der Waals surface area contributed by atoms with Crippen molar-refractivity contribution in [3.63, 3.8) is 0 Å². The van der Waals surface area contributed by atoms with Crippen molar-refractivity contribution in [1.82, 2.24) is 5.01 Å². The normalized spacial score (nSPS) is 16.3. The van der Waals surface area contributed by atoms with Crippen molar-refractivity contribution < 1.29 is 13.9 Å². The van der Waals surface area contributed by atoms with Crippen LogP contribution in [0.1, 0.15) is 38.5 Å². The lowest BCUT2D eigenvalue weighted by Gasteiger charge is -2.26. The van der Waals surface area contributed by atoms with Crippen LogP contribution in [-0.4, -0.2) is 37.0 Å². The van der Waals surface area contributed by atoms with E-state index in [9.17, 15) is 0 Å². The van der Waals surface area contributed by atoms with Crippen LogP contribution in [0.25, 0.3) is 5.70 Å². The Balaban J connectivity index is 1.95. The van der Waals surface area contributed by atoms with Gasteiger partial charge in [-0.15, -0.1) is 0 Å². The summed E-state index contributed by atoms with van der Waals surface area (Å²) >= 11 is 0. The number of nitrogens with zero attached hydrogens (tertiary/aromatic N) is 3. The number of benzene rings is 1. The molecule has 7 heteroatoms. The van der Waals surface area contributed by atoms with Gasteiger partial charge < -0.3 is 19.6 Å². The van der Waals surface area contributed by atoms with Crippen molar-refractivity contribution in [3.8, 4) is 5.75 Å². The number of rotatable bonds is 8. The van der Waals surface area contributed by atoms with Crippen LogP contribution in [0.4, 0.5) is 0 Å². The largest absolute Gasteiger partial charge is 0.491 e. The maximum absolute atomic E-state index is 6.34. The maximum atomic E-state index is 6.34. The molecule has 158 valence electrons. The van der Waals surface area contributed by atoms with Gasteiger partial charge in [-0.2, -0.15) is 5.10 Å². The summed E-state index contributed by atoms with van der Waals surface area (Å²) in [6.45, 7) is 7.06. The summed E-state index contributed by atoms with van der Waals surface area (Å²) < 4.78 is 16.2. The number of hydrazone groups is 1. The van der Waals surface area contributed by atoms with Crippen LogP contribution in [0.3, 0.4) is 0 Å². The van der Waals surface area contributed by atoms with E-state index < -0.39 is 0 Å². The minimum absolute atomic E-state index is 0.298. The second-order valence-electron chi connectivity index (χ2n) is 6.86. The Labute approximate surface area is 177 Å². The SMILES string of the molecule is CC/C(C)=C1\C=C(c2cccc(OCCOC)c2)N=C(N)N1/N=C(\C)c1ccco1. The molecule has 1 aromatic carbocycles. The first-order valence-electron chi connectivity index (χ1n) is 9.90. The fraction of sp³-hybridized carbons (Fsp3) is 0.304. The van der Waals surface area contributed by atoms with Gasteiger partial charge in [0.25, 0.3) is 0 Å². The molecule has 0 unspecified atom stereocenters. The first-order valence-corrected chi connectivity index (χ1v) is 9.90. The van der Waals surface area contributed by atoms with Crippen LogP contribution < -0.4 is 10.5 Å². The molecule has 2 N–H and O–H groups in total. The monoisotopic (exact) mass is 408 g/mol. The van der Waals surface area contributed by atoms with E-state index in [4.69, 9.17) is 19.6 Å². The average Bonchev–Trinajstić information content (AvgIpc) is 3.30. The van der Waals surface area contributed by atoms with Crippen molar-refractivity contribution in [2.45, 2.75) is 27.2 Å². The Morgan fingerprint density at radius 3 is 2.73 bits per heavy atom. The lowest BCUT2D eigenvalue weighted by Crippen LogP contribution is -2.35. The molecule has 0 saturated heterocycles. The van der Waals surface area contributed by atoms with Crippen molar-refractivity contribution >= 4 is 17.4 Å². The van der Waals surface area contributed by atoms with Gasteiger partial charge >= 0.3 is 0 Å². The predicted octanol–water partition coefficient (Wildman–Crippen LogP) is 4.38. The number of nitrogens with two attached hydrogens (primary N) is 1. The molecule has 3 rings (SSSR count). The summed E-state index contributed by atoms with van der Waals surface area (Å²) in [5.74, 6) is 1.74. The van der Waals surface area contributed by atoms with Crippen molar-refractivity contribution in [2.24, 2.45) is 15.8 Å². The third-order valence-electron chi connectivity index (χ3n) is 4.73. The van der Waals surface area contributed by atoms with Gasteiger partial charge in [0.1, 0.15) is 23.8 Å². The number of furan rings is 1. The standard InChI is InChI=1S/C23H28N4O3/c1-5-16(2)21-15-20(18-8-6-9-19(14-18)29-13-12-28-4)25-23(24)27(21)26-17(3)22-10-7-11-30-22/h6-11,14-15H,5,12-13H2,1-4H3,(H2,24,25)/b21-16+,26-17+. The topological polar surface area (TPSA) is 85.6 Å². The lowest BCUT2D eigenvalue weighted by atomic mass is 10.1. The highest BCUT2D eigenvalue weighted by molar-refractivity contribution is 5.98. The molecule has 0 atom stereocenters. The van der Waals surface area contributed by atoms with E-state index in [0.717, 1.165) is 34.7 Å². The van der Waals surface area contributed by atoms with E-state index in [1.54, 1.807) is 18.4 Å². The highest BCUT2D eigenvalue weighted by Gasteiger charge is 2.21. The number of allylic oxidation sites excluding steroid dienone is 2. The first-order chi connectivity index (χ1) is 14.5. The Kier molecular flexibility index (Phi) is 7.08. The predicted molar refractivity (Wildman–Crippen MR) is 119 cm³/mol. The van der Waals surface area contributed by atoms with E-state index in [1.165, 1.54) is 0 Å². The maximum Gasteiger partial charge on any atom is 0.222 e. The van der Waals surface area contributed by atoms with Gasteiger partial charge in [-0.25, -0.2) is 10.0 Å². The molecular formula is C23H28N4O3. The second-order valence-corrected chi connectivity index (χ2v) is 6.86. The zero-order chi connectivity index (χ0) is 21.5. The Morgan fingerprint density at radius 1 is 1.20 bits per heavy atom. The number of ether oxygens (including phenoxy) is 2. The minimum Gasteiger partial charge on any atom is -0.491 e. The number of methoxy groups -OCH3 is 1. The zero-order valence-electron chi connectivity index (χ0n) is 17.9. The van der Waals surface area contributed by atoms with Crippen molar-refractivity contribution in [3.05, 3.63) is 71.3 Å². The summed E-state index contributed by atoms with van der Waals surface area (Å²) in [5, 5.41) is 6.33. The van der Waals surface area contributed by atoms with Crippen LogP contribution in [0.15, 0.2) is 74.5 Å². The number of aliphatic imine (C=N–C) groups is 1. The smallest absolute Gasteiger partial charge is 0.222 e. The van der Waals surface area contributed by atoms with Gasteiger partial charge in [0.2, 0.25) is 5.96 Å². The third-order valence-corrected chi connectivity index (χ3v) is 4.73. The molecule has 0 spiro atoms. The molecule has 1 aliphatic heterocycles. The molecule has 2 heterocycles. The van der Waals surface area contributed by atoms with Gasteiger partial charge in [0.05, 0.1) is 24.3 Å². The molecule has 2 aromatic rings. The lowest BCUT2D eigenvalue weighted by molar-refractivity contribution is 0.146. The van der Waals surface area contributed by atoms with E-state index in [1.807, 2.05) is 49.4 Å². The van der Waals surface area contributed by atoms with Gasteiger partial charge in [-0.1, -0.05) is 19.1 Å². The van der Waals surface area contributed by atoms with E-state index in [2.05, 4.69) is 23.9 Å². The summed E-state index contributed by atoms with van der Waals surface area (Å²) in [4.78, 5) is 4.60. The zero-order valence-corrected chi connectivity index (χ0v) is 17.9. The van der Waals surface area contributed by atoms with Crippen LogP contribution in [0, 0.1) is 0 Å². The fourth-order valence-corrected chi connectivity index (χ4v) is 2.93. The highest BCUT2D eigenvalue weighted by atomic mass is 16.5. The quantitative estimate of drug-likeness (QED) is 0.517. The molecule has 0 fully saturated rings. The van der Waals surface area contributed by atoms with Crippen LogP contribution >= 0.6 is 0 Å². The van der Waals surface area contributed by atoms with Crippen LogP contribution in [0.2, 0.25) is 0 Å². The van der Waals surface area contributed by atoms with Gasteiger partial charge in [-0.3, -0.25) is 0 Å². The Hall–Kier alpha value is -3.32. The molecule has 0 amide bonds. The van der Waals surface area contributed by atoms with E-state index in [0.29, 0.717) is 30.6 Å². The second kappa shape index (κ2) is 9.93. The van der Waals surface area contributed by atoms with Crippen molar-refractivity contribution in [1.29, 1.82) is 0 Å². The Morgan fingerprint density at radius 2 is 2.03 bits per heavy atom. The summed E-state index contributed by atoms with van der Waals surface area (Å²) in [7, 11) is 1.65. The van der Waals surface area contributed by atoms with E-state index in [-0.39, 0.29) is 0 Å². The highest BCUT2D eigenvalue weighted by Crippen LogP contribution is 2.29. The van der Waals surface area contributed by atoms with Gasteiger partial charge in [0, 0.05) is 12.7 Å². The average molecular weight is 409 g/mol. The third kappa shape index (κ3) is 4.99. The number of hydrogen-bond donors (Lipinski definition) is 1. The Bertz CT molecular complexity index is 988. The molecule has 0 radical (unpaired) electrons. The number of guanidine groups is 1. The minimum atomic E-state index is 0.298. The first kappa shape index (κ1) is 21.4.